The fraction of sp³-hybridized carbons (Fsp3) is 0.600. The first-order valence-corrected chi connectivity index (χ1v) is 9.34. The second kappa shape index (κ2) is 7.88. The van der Waals surface area contributed by atoms with Crippen molar-refractivity contribution in [3.05, 3.63) is 35.7 Å². The molecule has 0 unspecified atom stereocenters. The lowest BCUT2D eigenvalue weighted by Crippen LogP contribution is -2.53. The Kier molecular flexibility index (Phi) is 5.60. The van der Waals surface area contributed by atoms with E-state index >= 15 is 0 Å². The molecule has 2 saturated heterocycles. The third kappa shape index (κ3) is 4.13. The van der Waals surface area contributed by atoms with Crippen LogP contribution in [0.2, 0.25) is 0 Å². The van der Waals surface area contributed by atoms with E-state index in [1.165, 1.54) is 0 Å². The number of carbonyl (C=O) groups excluding carboxylic acids is 1. The van der Waals surface area contributed by atoms with E-state index < -0.39 is 0 Å². The fourth-order valence-electron chi connectivity index (χ4n) is 3.84. The third-order valence-electron chi connectivity index (χ3n) is 5.54. The monoisotopic (exact) mass is 340 g/mol. The number of benzene rings is 1. The lowest BCUT2D eigenvalue weighted by atomic mass is 9.94. The Labute approximate surface area is 151 Å². The van der Waals surface area contributed by atoms with Crippen LogP contribution in [0.5, 0.6) is 0 Å². The molecule has 0 saturated carbocycles. The van der Waals surface area contributed by atoms with E-state index in [4.69, 9.17) is 6.57 Å². The van der Waals surface area contributed by atoms with E-state index in [1.54, 1.807) is 0 Å². The predicted molar refractivity (Wildman–Crippen MR) is 101 cm³/mol. The number of hydrogen-bond acceptors (Lipinski definition) is 3. The Balaban J connectivity index is 1.50. The van der Waals surface area contributed by atoms with Crippen molar-refractivity contribution in [1.29, 1.82) is 0 Å². The van der Waals surface area contributed by atoms with Crippen LogP contribution >= 0.6 is 0 Å². The molecule has 2 fully saturated rings. The molecule has 0 atom stereocenters. The van der Waals surface area contributed by atoms with E-state index in [1.807, 2.05) is 24.3 Å². The van der Waals surface area contributed by atoms with E-state index in [2.05, 4.69) is 33.4 Å². The van der Waals surface area contributed by atoms with Gasteiger partial charge < -0.3 is 9.80 Å². The molecular weight excluding hydrogens is 312 g/mol. The molecule has 0 N–H and O–H groups in total. The third-order valence-corrected chi connectivity index (χ3v) is 5.54. The molecule has 2 heterocycles. The minimum Gasteiger partial charge on any atom is -0.372 e. The van der Waals surface area contributed by atoms with Crippen LogP contribution in [-0.4, -0.2) is 61.0 Å². The van der Waals surface area contributed by atoms with Gasteiger partial charge in [0.05, 0.1) is 6.57 Å². The molecule has 1 amide bonds. The number of piperidine rings is 1. The highest BCUT2D eigenvalue weighted by Gasteiger charge is 2.30. The van der Waals surface area contributed by atoms with Gasteiger partial charge in [-0.25, -0.2) is 4.85 Å². The molecule has 134 valence electrons. The minimum atomic E-state index is 0.171. The Morgan fingerprint density at radius 2 is 1.64 bits per heavy atom. The number of rotatable bonds is 3. The van der Waals surface area contributed by atoms with Crippen molar-refractivity contribution in [3.63, 3.8) is 0 Å². The average molecular weight is 340 g/mol. The highest BCUT2D eigenvalue weighted by atomic mass is 16.2. The summed E-state index contributed by atoms with van der Waals surface area (Å²) in [5, 5.41) is 0. The normalized spacial score (nSPS) is 19.9. The van der Waals surface area contributed by atoms with Gasteiger partial charge in [0.1, 0.15) is 0 Å². The van der Waals surface area contributed by atoms with Crippen molar-refractivity contribution in [3.8, 4) is 0 Å². The second-order valence-corrected chi connectivity index (χ2v) is 7.34. The molecule has 3 rings (SSSR count). The second-order valence-electron chi connectivity index (χ2n) is 7.34. The molecule has 1 aromatic rings. The maximum atomic E-state index is 12.8. The van der Waals surface area contributed by atoms with Crippen molar-refractivity contribution < 1.29 is 4.79 Å². The zero-order valence-electron chi connectivity index (χ0n) is 15.3. The van der Waals surface area contributed by atoms with Gasteiger partial charge in [0.25, 0.3) is 0 Å². The standard InChI is InChI=1S/C20H28N4O/c1-16(2)22-12-14-24(15-13-22)20(25)17-8-10-23(11-9-17)19-6-4-18(21-3)5-7-19/h4-7,16-17H,8-15H2,1-2H3. The number of piperazine rings is 1. The SMILES string of the molecule is [C-]#[N+]c1ccc(N2CCC(C(=O)N3CCN(C(C)C)CC3)CC2)cc1. The molecule has 1 aromatic carbocycles. The van der Waals surface area contributed by atoms with Gasteiger partial charge in [0.15, 0.2) is 5.69 Å². The van der Waals surface area contributed by atoms with Crippen molar-refractivity contribution in [2.24, 2.45) is 5.92 Å². The number of amides is 1. The Hall–Kier alpha value is -2.06. The predicted octanol–water partition coefficient (Wildman–Crippen LogP) is 3.01. The topological polar surface area (TPSA) is 31.2 Å². The van der Waals surface area contributed by atoms with Crippen molar-refractivity contribution in [2.45, 2.75) is 32.7 Å². The fourth-order valence-corrected chi connectivity index (χ4v) is 3.84. The summed E-state index contributed by atoms with van der Waals surface area (Å²) in [5.74, 6) is 0.524. The molecule has 0 aliphatic carbocycles. The molecule has 2 aliphatic rings. The quantitative estimate of drug-likeness (QED) is 0.793. The van der Waals surface area contributed by atoms with Gasteiger partial charge in [-0.15, -0.1) is 0 Å². The molecule has 25 heavy (non-hydrogen) atoms. The van der Waals surface area contributed by atoms with Gasteiger partial charge in [-0.1, -0.05) is 12.1 Å². The van der Waals surface area contributed by atoms with Crippen LogP contribution in [-0.2, 0) is 4.79 Å². The van der Waals surface area contributed by atoms with Crippen LogP contribution in [0, 0.1) is 12.5 Å². The van der Waals surface area contributed by atoms with Gasteiger partial charge >= 0.3 is 0 Å². The molecule has 0 aromatic heterocycles. The van der Waals surface area contributed by atoms with Crippen molar-refractivity contribution in [1.82, 2.24) is 9.80 Å². The summed E-state index contributed by atoms with van der Waals surface area (Å²) in [7, 11) is 0. The van der Waals surface area contributed by atoms with Gasteiger partial charge in [-0.05, 0) is 38.8 Å². The summed E-state index contributed by atoms with van der Waals surface area (Å²) >= 11 is 0. The molecule has 2 aliphatic heterocycles. The van der Waals surface area contributed by atoms with Crippen LogP contribution in [0.15, 0.2) is 24.3 Å². The van der Waals surface area contributed by atoms with Crippen LogP contribution < -0.4 is 4.90 Å². The number of carbonyl (C=O) groups is 1. The van der Waals surface area contributed by atoms with Crippen LogP contribution in [0.1, 0.15) is 26.7 Å². The van der Waals surface area contributed by atoms with Gasteiger partial charge in [0.2, 0.25) is 5.91 Å². The zero-order valence-corrected chi connectivity index (χ0v) is 15.3. The minimum absolute atomic E-state index is 0.171. The molecule has 0 spiro atoms. The smallest absolute Gasteiger partial charge is 0.225 e. The number of hydrogen-bond donors (Lipinski definition) is 0. The largest absolute Gasteiger partial charge is 0.372 e. The van der Waals surface area contributed by atoms with E-state index in [0.29, 0.717) is 17.6 Å². The summed E-state index contributed by atoms with van der Waals surface area (Å²) in [6, 6.07) is 8.33. The van der Waals surface area contributed by atoms with Crippen molar-refractivity contribution in [2.75, 3.05) is 44.2 Å². The Bertz CT molecular complexity index is 618. The first-order chi connectivity index (χ1) is 12.1. The number of nitrogens with zero attached hydrogens (tertiary/aromatic N) is 4. The Morgan fingerprint density at radius 1 is 1.04 bits per heavy atom. The van der Waals surface area contributed by atoms with E-state index in [0.717, 1.165) is 57.8 Å². The average Bonchev–Trinajstić information content (AvgIpc) is 2.67. The van der Waals surface area contributed by atoms with Gasteiger partial charge in [0, 0.05) is 56.9 Å². The highest BCUT2D eigenvalue weighted by Crippen LogP contribution is 2.26. The number of anilines is 1. The van der Waals surface area contributed by atoms with Crippen LogP contribution in [0.3, 0.4) is 0 Å². The van der Waals surface area contributed by atoms with Crippen LogP contribution in [0.4, 0.5) is 11.4 Å². The maximum Gasteiger partial charge on any atom is 0.225 e. The maximum absolute atomic E-state index is 12.8. The first-order valence-electron chi connectivity index (χ1n) is 9.34. The lowest BCUT2D eigenvalue weighted by Gasteiger charge is -2.40. The summed E-state index contributed by atoms with van der Waals surface area (Å²) in [6.45, 7) is 17.0. The lowest BCUT2D eigenvalue weighted by molar-refractivity contribution is -0.138. The molecular formula is C20H28N4O. The van der Waals surface area contributed by atoms with Gasteiger partial charge in [-0.3, -0.25) is 9.69 Å². The van der Waals surface area contributed by atoms with Crippen LogP contribution in [0.25, 0.3) is 4.85 Å². The summed E-state index contributed by atoms with van der Waals surface area (Å²) in [5.41, 5.74) is 1.83. The summed E-state index contributed by atoms with van der Waals surface area (Å²) < 4.78 is 0. The first kappa shape index (κ1) is 17.8. The highest BCUT2D eigenvalue weighted by molar-refractivity contribution is 5.79. The molecule has 5 heteroatoms. The molecule has 5 nitrogen and oxygen atoms in total. The summed E-state index contributed by atoms with van der Waals surface area (Å²) in [6.07, 6.45) is 1.85. The summed E-state index contributed by atoms with van der Waals surface area (Å²) in [4.78, 5) is 23.1. The van der Waals surface area contributed by atoms with E-state index in [-0.39, 0.29) is 5.92 Å². The zero-order chi connectivity index (χ0) is 17.8. The molecule has 0 bridgehead atoms. The molecule has 0 radical (unpaired) electrons. The van der Waals surface area contributed by atoms with E-state index in [9.17, 15) is 4.79 Å². The van der Waals surface area contributed by atoms with Gasteiger partial charge in [-0.2, -0.15) is 0 Å². The van der Waals surface area contributed by atoms with Crippen molar-refractivity contribution >= 4 is 17.3 Å². The Morgan fingerprint density at radius 3 is 2.16 bits per heavy atom.